The number of amides is 2. The van der Waals surface area contributed by atoms with Crippen LogP contribution < -0.4 is 10.9 Å². The topological polar surface area (TPSA) is 98.4 Å². The number of aromatic amines is 1. The normalized spacial score (nSPS) is 21.0. The number of carbonyl (C=O) groups is 2. The first-order valence-electron chi connectivity index (χ1n) is 8.88. The molecule has 2 saturated heterocycles. The van der Waals surface area contributed by atoms with Crippen LogP contribution in [0.1, 0.15) is 48.8 Å². The molecule has 1 atom stereocenters. The predicted octanol–water partition coefficient (Wildman–Crippen LogP) is -0.0703. The van der Waals surface area contributed by atoms with Crippen LogP contribution in [0.3, 0.4) is 0 Å². The molecule has 0 aliphatic carbocycles. The first-order valence-corrected chi connectivity index (χ1v) is 8.88. The molecule has 0 bridgehead atoms. The molecular weight excluding hydrogens is 322 g/mol. The van der Waals surface area contributed by atoms with Gasteiger partial charge in [0.15, 0.2) is 0 Å². The minimum absolute atomic E-state index is 0.00878. The molecule has 136 valence electrons. The molecule has 1 aromatic rings. The second-order valence-corrected chi connectivity index (χ2v) is 6.92. The fraction of sp³-hybridized carbons (Fsp3) is 0.647. The number of carbonyl (C=O) groups excluding carboxylic acids is 2. The van der Waals surface area contributed by atoms with Gasteiger partial charge in [0.2, 0.25) is 5.91 Å². The molecule has 0 aromatic carbocycles. The van der Waals surface area contributed by atoms with Crippen LogP contribution in [-0.2, 0) is 4.79 Å². The summed E-state index contributed by atoms with van der Waals surface area (Å²) in [4.78, 5) is 48.1. The van der Waals surface area contributed by atoms with Gasteiger partial charge < -0.3 is 20.1 Å². The highest BCUT2D eigenvalue weighted by Gasteiger charge is 2.36. The van der Waals surface area contributed by atoms with Crippen LogP contribution in [0.15, 0.2) is 11.0 Å². The van der Waals surface area contributed by atoms with Gasteiger partial charge in [-0.2, -0.15) is 0 Å². The maximum Gasteiger partial charge on any atom is 0.263 e. The fourth-order valence-electron chi connectivity index (χ4n) is 3.33. The van der Waals surface area contributed by atoms with Gasteiger partial charge >= 0.3 is 0 Å². The van der Waals surface area contributed by atoms with Gasteiger partial charge in [-0.1, -0.05) is 13.8 Å². The van der Waals surface area contributed by atoms with E-state index in [1.54, 1.807) is 0 Å². The maximum absolute atomic E-state index is 12.9. The van der Waals surface area contributed by atoms with Crippen molar-refractivity contribution in [1.29, 1.82) is 0 Å². The van der Waals surface area contributed by atoms with E-state index in [0.29, 0.717) is 25.5 Å². The molecular formula is C17H25N5O3. The average molecular weight is 347 g/mol. The Labute approximate surface area is 146 Å². The van der Waals surface area contributed by atoms with E-state index in [2.05, 4.69) is 15.3 Å². The number of piperazine rings is 1. The Morgan fingerprint density at radius 2 is 1.96 bits per heavy atom. The van der Waals surface area contributed by atoms with E-state index in [1.165, 1.54) is 11.1 Å². The smallest absolute Gasteiger partial charge is 0.263 e. The van der Waals surface area contributed by atoms with Gasteiger partial charge in [0, 0.05) is 44.8 Å². The van der Waals surface area contributed by atoms with Gasteiger partial charge in [-0.25, -0.2) is 4.98 Å². The van der Waals surface area contributed by atoms with Crippen LogP contribution in [0.5, 0.6) is 0 Å². The third-order valence-electron chi connectivity index (χ3n) is 4.80. The molecule has 1 aromatic heterocycles. The monoisotopic (exact) mass is 347 g/mol. The van der Waals surface area contributed by atoms with Gasteiger partial charge in [0.05, 0.1) is 0 Å². The lowest BCUT2D eigenvalue weighted by Crippen LogP contribution is -2.60. The molecule has 25 heavy (non-hydrogen) atoms. The van der Waals surface area contributed by atoms with E-state index in [4.69, 9.17) is 0 Å². The number of hydrogen-bond acceptors (Lipinski definition) is 5. The molecule has 0 spiro atoms. The summed E-state index contributed by atoms with van der Waals surface area (Å²) < 4.78 is 0. The van der Waals surface area contributed by atoms with Gasteiger partial charge in [0.25, 0.3) is 11.5 Å². The summed E-state index contributed by atoms with van der Waals surface area (Å²) >= 11 is 0. The number of rotatable bonds is 3. The number of nitrogens with zero attached hydrogens (tertiary/aromatic N) is 3. The van der Waals surface area contributed by atoms with E-state index in [0.717, 1.165) is 25.9 Å². The number of nitrogens with one attached hydrogen (secondary N) is 2. The lowest BCUT2D eigenvalue weighted by atomic mass is 10.1. The largest absolute Gasteiger partial charge is 0.341 e. The summed E-state index contributed by atoms with van der Waals surface area (Å²) in [5, 5.41) is 3.17. The quantitative estimate of drug-likeness (QED) is 0.798. The van der Waals surface area contributed by atoms with Crippen molar-refractivity contribution in [2.45, 2.75) is 38.6 Å². The summed E-state index contributed by atoms with van der Waals surface area (Å²) in [6.07, 6.45) is 3.33. The van der Waals surface area contributed by atoms with E-state index < -0.39 is 17.5 Å². The Morgan fingerprint density at radius 1 is 1.24 bits per heavy atom. The molecule has 2 aliphatic heterocycles. The second kappa shape index (κ2) is 7.35. The van der Waals surface area contributed by atoms with Crippen LogP contribution >= 0.6 is 0 Å². The van der Waals surface area contributed by atoms with Crippen molar-refractivity contribution in [3.8, 4) is 0 Å². The average Bonchev–Trinajstić information content (AvgIpc) is 3.15. The molecule has 2 N–H and O–H groups in total. The van der Waals surface area contributed by atoms with Crippen molar-refractivity contribution in [1.82, 2.24) is 25.1 Å². The lowest BCUT2D eigenvalue weighted by molar-refractivity contribution is -0.135. The molecule has 0 saturated carbocycles. The Hall–Kier alpha value is -2.22. The van der Waals surface area contributed by atoms with E-state index in [9.17, 15) is 14.4 Å². The van der Waals surface area contributed by atoms with Crippen molar-refractivity contribution >= 4 is 11.8 Å². The van der Waals surface area contributed by atoms with Gasteiger partial charge in [-0.3, -0.25) is 14.4 Å². The number of H-pyrrole nitrogens is 1. The zero-order valence-corrected chi connectivity index (χ0v) is 14.7. The molecule has 2 aliphatic rings. The molecule has 0 radical (unpaired) electrons. The van der Waals surface area contributed by atoms with Crippen molar-refractivity contribution in [3.05, 3.63) is 27.9 Å². The van der Waals surface area contributed by atoms with Gasteiger partial charge in [-0.05, 0) is 12.8 Å². The van der Waals surface area contributed by atoms with Crippen molar-refractivity contribution in [3.63, 3.8) is 0 Å². The van der Waals surface area contributed by atoms with E-state index >= 15 is 0 Å². The predicted molar refractivity (Wildman–Crippen MR) is 92.5 cm³/mol. The molecule has 2 fully saturated rings. The highest BCUT2D eigenvalue weighted by molar-refractivity contribution is 5.97. The van der Waals surface area contributed by atoms with Gasteiger partial charge in [0.1, 0.15) is 17.4 Å². The SMILES string of the molecule is CC(C)c1ncc(C(=O)N2CCNC[C@@H]2C(=O)N2CCCC2)c(=O)[nH]1. The summed E-state index contributed by atoms with van der Waals surface area (Å²) in [6, 6.07) is -0.566. The fourth-order valence-corrected chi connectivity index (χ4v) is 3.33. The van der Waals surface area contributed by atoms with E-state index in [1.807, 2.05) is 18.7 Å². The third kappa shape index (κ3) is 3.58. The van der Waals surface area contributed by atoms with E-state index in [-0.39, 0.29) is 17.4 Å². The molecule has 8 heteroatoms. The summed E-state index contributed by atoms with van der Waals surface area (Å²) in [7, 11) is 0. The third-order valence-corrected chi connectivity index (χ3v) is 4.80. The Morgan fingerprint density at radius 3 is 2.60 bits per heavy atom. The summed E-state index contributed by atoms with van der Waals surface area (Å²) in [5.41, 5.74) is -0.458. The Kier molecular flexibility index (Phi) is 5.17. The highest BCUT2D eigenvalue weighted by atomic mass is 16.2. The van der Waals surface area contributed by atoms with Crippen LogP contribution in [0, 0.1) is 0 Å². The highest BCUT2D eigenvalue weighted by Crippen LogP contribution is 2.15. The Bertz CT molecular complexity index is 708. The standard InChI is InChI=1S/C17H25N5O3/c1-11(2)14-19-9-12(15(23)20-14)16(24)22-8-5-18-10-13(22)17(25)21-6-3-4-7-21/h9,11,13,18H,3-8,10H2,1-2H3,(H,19,20,23)/t13-/m1/s1. The zero-order chi connectivity index (χ0) is 18.0. The van der Waals surface area contributed by atoms with Crippen molar-refractivity contribution in [2.24, 2.45) is 0 Å². The molecule has 0 unspecified atom stereocenters. The summed E-state index contributed by atoms with van der Waals surface area (Å²) in [6.45, 7) is 6.72. The van der Waals surface area contributed by atoms with Crippen molar-refractivity contribution in [2.75, 3.05) is 32.7 Å². The first-order chi connectivity index (χ1) is 12.0. The minimum atomic E-state index is -0.566. The van der Waals surface area contributed by atoms with Crippen LogP contribution in [0.2, 0.25) is 0 Å². The number of hydrogen-bond donors (Lipinski definition) is 2. The number of likely N-dealkylation sites (tertiary alicyclic amines) is 1. The molecule has 3 heterocycles. The minimum Gasteiger partial charge on any atom is -0.341 e. The molecule has 3 rings (SSSR count). The van der Waals surface area contributed by atoms with Crippen molar-refractivity contribution < 1.29 is 9.59 Å². The lowest BCUT2D eigenvalue weighted by Gasteiger charge is -2.37. The molecule has 2 amide bonds. The molecule has 8 nitrogen and oxygen atoms in total. The van der Waals surface area contributed by atoms with Crippen LogP contribution in [0.4, 0.5) is 0 Å². The number of aromatic nitrogens is 2. The Balaban J connectivity index is 1.83. The second-order valence-electron chi connectivity index (χ2n) is 6.92. The first kappa shape index (κ1) is 17.6. The van der Waals surface area contributed by atoms with Crippen LogP contribution in [-0.4, -0.2) is 70.3 Å². The van der Waals surface area contributed by atoms with Gasteiger partial charge in [-0.15, -0.1) is 0 Å². The zero-order valence-electron chi connectivity index (χ0n) is 14.7. The summed E-state index contributed by atoms with van der Waals surface area (Å²) in [5.74, 6) is 0.149. The maximum atomic E-state index is 12.9. The van der Waals surface area contributed by atoms with Crippen LogP contribution in [0.25, 0.3) is 0 Å².